The summed E-state index contributed by atoms with van der Waals surface area (Å²) in [5.74, 6) is -0.642. The first-order valence-corrected chi connectivity index (χ1v) is 11.2. The topological polar surface area (TPSA) is 105 Å². The number of hydrogen-bond acceptors (Lipinski definition) is 5. The fourth-order valence-corrected chi connectivity index (χ4v) is 4.39. The smallest absolute Gasteiger partial charge is 0.261 e. The highest BCUT2D eigenvalue weighted by molar-refractivity contribution is 6.22. The summed E-state index contributed by atoms with van der Waals surface area (Å²) in [6.07, 6.45) is 4.82. The van der Waals surface area contributed by atoms with Crippen molar-refractivity contribution < 1.29 is 23.9 Å². The zero-order valence-electron chi connectivity index (χ0n) is 18.6. The summed E-state index contributed by atoms with van der Waals surface area (Å²) in [6, 6.07) is 11.3. The van der Waals surface area contributed by atoms with Crippen LogP contribution in [-0.4, -0.2) is 54.8 Å². The molecule has 2 aromatic rings. The Morgan fingerprint density at radius 1 is 0.879 bits per heavy atom. The Balaban J connectivity index is 1.33. The number of hydrogen-bond donors (Lipinski definition) is 2. The van der Waals surface area contributed by atoms with E-state index in [1.165, 1.54) is 18.1 Å². The Bertz CT molecular complexity index is 1090. The van der Waals surface area contributed by atoms with Gasteiger partial charge in [-0.25, -0.2) is 0 Å². The third-order valence-electron chi connectivity index (χ3n) is 6.15. The second kappa shape index (κ2) is 9.85. The second-order valence-corrected chi connectivity index (χ2v) is 8.28. The SMILES string of the molecule is COc1cccc(C(=O)NCCNC(=O)c2ccc3c(c2)C(=O)N(C2CCCCC2)C3=O)c1. The molecule has 0 saturated heterocycles. The molecule has 1 heterocycles. The highest BCUT2D eigenvalue weighted by atomic mass is 16.5. The maximum absolute atomic E-state index is 12.9. The molecule has 4 rings (SSSR count). The summed E-state index contributed by atoms with van der Waals surface area (Å²) in [7, 11) is 1.53. The fourth-order valence-electron chi connectivity index (χ4n) is 4.39. The molecule has 33 heavy (non-hydrogen) atoms. The van der Waals surface area contributed by atoms with Crippen LogP contribution in [0.3, 0.4) is 0 Å². The summed E-state index contributed by atoms with van der Waals surface area (Å²) >= 11 is 0. The highest BCUT2D eigenvalue weighted by Crippen LogP contribution is 2.31. The van der Waals surface area contributed by atoms with Crippen LogP contribution in [0.4, 0.5) is 0 Å². The summed E-state index contributed by atoms with van der Waals surface area (Å²) in [5, 5.41) is 5.47. The second-order valence-electron chi connectivity index (χ2n) is 8.28. The van der Waals surface area contributed by atoms with Gasteiger partial charge in [0.2, 0.25) is 0 Å². The van der Waals surface area contributed by atoms with Crippen molar-refractivity contribution in [3.8, 4) is 5.75 Å². The molecule has 0 atom stereocenters. The molecule has 0 bridgehead atoms. The lowest BCUT2D eigenvalue weighted by Gasteiger charge is -2.29. The maximum atomic E-state index is 12.9. The van der Waals surface area contributed by atoms with Crippen LogP contribution in [0.25, 0.3) is 0 Å². The Labute approximate surface area is 192 Å². The van der Waals surface area contributed by atoms with Crippen molar-refractivity contribution in [2.24, 2.45) is 0 Å². The zero-order valence-corrected chi connectivity index (χ0v) is 18.6. The third kappa shape index (κ3) is 4.74. The van der Waals surface area contributed by atoms with Crippen molar-refractivity contribution >= 4 is 23.6 Å². The normalized spacial score (nSPS) is 15.8. The number of ether oxygens (including phenoxy) is 1. The van der Waals surface area contributed by atoms with E-state index in [1.54, 1.807) is 36.4 Å². The highest BCUT2D eigenvalue weighted by Gasteiger charge is 2.40. The number of fused-ring (bicyclic) bond motifs is 1. The van der Waals surface area contributed by atoms with Gasteiger partial charge in [0.1, 0.15) is 5.75 Å². The molecule has 0 spiro atoms. The molecule has 2 aromatic carbocycles. The molecule has 0 unspecified atom stereocenters. The van der Waals surface area contributed by atoms with Crippen LogP contribution in [0.2, 0.25) is 0 Å². The molecule has 1 aliphatic carbocycles. The minimum Gasteiger partial charge on any atom is -0.497 e. The number of benzene rings is 2. The summed E-state index contributed by atoms with van der Waals surface area (Å²) < 4.78 is 5.11. The van der Waals surface area contributed by atoms with Gasteiger partial charge in [-0.05, 0) is 49.2 Å². The van der Waals surface area contributed by atoms with Crippen LogP contribution in [0.1, 0.15) is 73.5 Å². The van der Waals surface area contributed by atoms with E-state index in [0.717, 1.165) is 32.1 Å². The standard InChI is InChI=1S/C25H27N3O5/c1-33-19-9-5-6-16(14-19)22(29)26-12-13-27-23(30)17-10-11-20-21(15-17)25(32)28(24(20)31)18-7-3-2-4-8-18/h5-6,9-11,14-15,18H,2-4,7-8,12-13H2,1H3,(H,26,29)(H,27,30). The minimum absolute atomic E-state index is 0.0587. The molecule has 2 aliphatic rings. The largest absolute Gasteiger partial charge is 0.497 e. The predicted octanol–water partition coefficient (Wildman–Crippen LogP) is 2.78. The van der Waals surface area contributed by atoms with Crippen LogP contribution in [0.5, 0.6) is 5.75 Å². The molecule has 2 N–H and O–H groups in total. The quantitative estimate of drug-likeness (QED) is 0.500. The first kappa shape index (κ1) is 22.5. The van der Waals surface area contributed by atoms with Gasteiger partial charge in [0.15, 0.2) is 0 Å². The van der Waals surface area contributed by atoms with E-state index < -0.39 is 0 Å². The number of imide groups is 1. The van der Waals surface area contributed by atoms with Crippen molar-refractivity contribution in [3.05, 3.63) is 64.7 Å². The van der Waals surface area contributed by atoms with Gasteiger partial charge in [-0.15, -0.1) is 0 Å². The van der Waals surface area contributed by atoms with Crippen LogP contribution in [0.15, 0.2) is 42.5 Å². The lowest BCUT2D eigenvalue weighted by atomic mass is 9.94. The fraction of sp³-hybridized carbons (Fsp3) is 0.360. The van der Waals surface area contributed by atoms with Gasteiger partial charge >= 0.3 is 0 Å². The van der Waals surface area contributed by atoms with Crippen molar-refractivity contribution in [1.29, 1.82) is 0 Å². The number of nitrogens with zero attached hydrogens (tertiary/aromatic N) is 1. The first-order valence-electron chi connectivity index (χ1n) is 11.2. The van der Waals surface area contributed by atoms with E-state index in [2.05, 4.69) is 10.6 Å². The molecule has 172 valence electrons. The summed E-state index contributed by atoms with van der Waals surface area (Å²) in [6.45, 7) is 0.451. The van der Waals surface area contributed by atoms with Crippen molar-refractivity contribution in [1.82, 2.24) is 15.5 Å². The molecule has 0 aromatic heterocycles. The van der Waals surface area contributed by atoms with Gasteiger partial charge < -0.3 is 15.4 Å². The number of rotatable bonds is 7. The Morgan fingerprint density at radius 2 is 1.52 bits per heavy atom. The van der Waals surface area contributed by atoms with Crippen molar-refractivity contribution in [3.63, 3.8) is 0 Å². The van der Waals surface area contributed by atoms with Crippen LogP contribution in [0, 0.1) is 0 Å². The predicted molar refractivity (Wildman–Crippen MR) is 121 cm³/mol. The summed E-state index contributed by atoms with van der Waals surface area (Å²) in [5.41, 5.74) is 1.40. The maximum Gasteiger partial charge on any atom is 0.261 e. The van der Waals surface area contributed by atoms with E-state index in [-0.39, 0.29) is 48.3 Å². The van der Waals surface area contributed by atoms with E-state index in [9.17, 15) is 19.2 Å². The van der Waals surface area contributed by atoms with Gasteiger partial charge in [0.25, 0.3) is 23.6 Å². The summed E-state index contributed by atoms with van der Waals surface area (Å²) in [4.78, 5) is 51.9. The van der Waals surface area contributed by atoms with E-state index >= 15 is 0 Å². The molecular weight excluding hydrogens is 422 g/mol. The lowest BCUT2D eigenvalue weighted by molar-refractivity contribution is 0.0548. The van der Waals surface area contributed by atoms with Crippen LogP contribution >= 0.6 is 0 Å². The van der Waals surface area contributed by atoms with Gasteiger partial charge in [0, 0.05) is 30.3 Å². The molecular formula is C25H27N3O5. The molecule has 1 aliphatic heterocycles. The average molecular weight is 450 g/mol. The Morgan fingerprint density at radius 3 is 2.18 bits per heavy atom. The van der Waals surface area contributed by atoms with E-state index in [4.69, 9.17) is 4.74 Å². The first-order chi connectivity index (χ1) is 16.0. The molecule has 1 fully saturated rings. The van der Waals surface area contributed by atoms with Crippen LogP contribution in [-0.2, 0) is 0 Å². The minimum atomic E-state index is -0.371. The van der Waals surface area contributed by atoms with Gasteiger partial charge in [-0.3, -0.25) is 24.1 Å². The molecule has 1 saturated carbocycles. The third-order valence-corrected chi connectivity index (χ3v) is 6.15. The number of methoxy groups -OCH3 is 1. The van der Waals surface area contributed by atoms with Gasteiger partial charge in [0.05, 0.1) is 18.2 Å². The zero-order chi connectivity index (χ0) is 23.4. The van der Waals surface area contributed by atoms with E-state index in [1.807, 2.05) is 0 Å². The Hall–Kier alpha value is -3.68. The number of nitrogens with one attached hydrogen (secondary N) is 2. The van der Waals surface area contributed by atoms with Gasteiger partial charge in [-0.1, -0.05) is 25.3 Å². The number of amides is 4. The molecule has 0 radical (unpaired) electrons. The molecule has 8 heteroatoms. The van der Waals surface area contributed by atoms with Gasteiger partial charge in [-0.2, -0.15) is 0 Å². The molecule has 4 amide bonds. The van der Waals surface area contributed by atoms with E-state index in [0.29, 0.717) is 22.4 Å². The van der Waals surface area contributed by atoms with Crippen molar-refractivity contribution in [2.75, 3.05) is 20.2 Å². The van der Waals surface area contributed by atoms with Crippen molar-refractivity contribution in [2.45, 2.75) is 38.1 Å². The monoisotopic (exact) mass is 449 g/mol. The Kier molecular flexibility index (Phi) is 6.72. The average Bonchev–Trinajstić information content (AvgIpc) is 3.11. The number of carbonyl (C=O) groups excluding carboxylic acids is 4. The van der Waals surface area contributed by atoms with Crippen LogP contribution < -0.4 is 15.4 Å². The lowest BCUT2D eigenvalue weighted by Crippen LogP contribution is -2.40. The molecule has 8 nitrogen and oxygen atoms in total. The number of carbonyl (C=O) groups is 4.